The largest absolute Gasteiger partial charge is 0.480 e. The normalized spacial score (nSPS) is 30.5. The summed E-state index contributed by atoms with van der Waals surface area (Å²) in [6, 6.07) is -2.11. The Morgan fingerprint density at radius 3 is 2.11 bits per heavy atom. The van der Waals surface area contributed by atoms with Crippen LogP contribution in [0.4, 0.5) is 0 Å². The van der Waals surface area contributed by atoms with Crippen molar-refractivity contribution in [1.29, 1.82) is 0 Å². The summed E-state index contributed by atoms with van der Waals surface area (Å²) in [5, 5.41) is 53.7. The van der Waals surface area contributed by atoms with Crippen LogP contribution < -0.4 is 10.6 Å². The van der Waals surface area contributed by atoms with E-state index in [0.717, 1.165) is 0 Å². The monoisotopic (exact) mass is 392 g/mol. The summed E-state index contributed by atoms with van der Waals surface area (Å²) in [5.41, 5.74) is -1.87. The topological polar surface area (TPSA) is 169 Å². The molecule has 0 aromatic heterocycles. The molecular weight excluding hydrogens is 360 g/mol. The van der Waals surface area contributed by atoms with Gasteiger partial charge in [-0.15, -0.1) is 0 Å². The molecule has 1 fully saturated rings. The predicted octanol–water partition coefficient (Wildman–Crippen LogP) is -1.98. The van der Waals surface area contributed by atoms with Crippen LogP contribution >= 0.6 is 0 Å². The molecule has 1 aliphatic rings. The van der Waals surface area contributed by atoms with Gasteiger partial charge in [0.1, 0.15) is 24.4 Å². The molecule has 7 N–H and O–H groups in total. The van der Waals surface area contributed by atoms with Crippen molar-refractivity contribution in [1.82, 2.24) is 10.6 Å². The molecule has 10 heteroatoms. The van der Waals surface area contributed by atoms with Gasteiger partial charge in [0.15, 0.2) is 5.72 Å². The van der Waals surface area contributed by atoms with Gasteiger partial charge in [-0.2, -0.15) is 0 Å². The summed E-state index contributed by atoms with van der Waals surface area (Å²) in [6.07, 6.45) is -3.96. The molecule has 1 amide bonds. The van der Waals surface area contributed by atoms with Crippen LogP contribution in [-0.2, 0) is 14.3 Å². The van der Waals surface area contributed by atoms with Crippen LogP contribution in [0, 0.1) is 11.8 Å². The lowest BCUT2D eigenvalue weighted by atomic mass is 9.96. The molecule has 27 heavy (non-hydrogen) atoms. The molecule has 158 valence electrons. The third-order valence-electron chi connectivity index (χ3n) is 4.63. The number of carboxylic acids is 1. The van der Waals surface area contributed by atoms with E-state index in [1.165, 1.54) is 0 Å². The van der Waals surface area contributed by atoms with E-state index < -0.39 is 61.2 Å². The van der Waals surface area contributed by atoms with Gasteiger partial charge in [0.25, 0.3) is 0 Å². The first-order valence-corrected chi connectivity index (χ1v) is 9.05. The highest BCUT2D eigenvalue weighted by Gasteiger charge is 2.55. The second-order valence-electron chi connectivity index (χ2n) is 7.72. The van der Waals surface area contributed by atoms with Gasteiger partial charge in [-0.05, 0) is 18.3 Å². The number of hydrogen-bond acceptors (Lipinski definition) is 8. The number of carbonyl (C=O) groups excluding carboxylic acids is 1. The van der Waals surface area contributed by atoms with E-state index in [1.807, 2.05) is 13.8 Å². The maximum absolute atomic E-state index is 12.7. The van der Waals surface area contributed by atoms with Crippen LogP contribution in [-0.4, -0.2) is 86.7 Å². The van der Waals surface area contributed by atoms with Crippen molar-refractivity contribution in [3.05, 3.63) is 0 Å². The molecule has 1 saturated heterocycles. The minimum Gasteiger partial charge on any atom is -0.480 e. The van der Waals surface area contributed by atoms with E-state index in [1.54, 1.807) is 13.8 Å². The Morgan fingerprint density at radius 2 is 1.74 bits per heavy atom. The van der Waals surface area contributed by atoms with Crippen LogP contribution in [0.2, 0.25) is 0 Å². The minimum atomic E-state index is -1.87. The van der Waals surface area contributed by atoms with Crippen LogP contribution in [0.25, 0.3) is 0 Å². The summed E-state index contributed by atoms with van der Waals surface area (Å²) in [7, 11) is 0. The van der Waals surface area contributed by atoms with Gasteiger partial charge >= 0.3 is 5.97 Å². The van der Waals surface area contributed by atoms with Crippen molar-refractivity contribution in [2.75, 3.05) is 13.2 Å². The van der Waals surface area contributed by atoms with Gasteiger partial charge in [-0.3, -0.25) is 10.1 Å². The van der Waals surface area contributed by atoms with Crippen molar-refractivity contribution in [3.63, 3.8) is 0 Å². The molecule has 1 unspecified atom stereocenters. The Morgan fingerprint density at radius 1 is 1.15 bits per heavy atom. The average Bonchev–Trinajstić information content (AvgIpc) is 2.83. The molecule has 0 radical (unpaired) electrons. The Hall–Kier alpha value is -1.30. The van der Waals surface area contributed by atoms with Gasteiger partial charge < -0.3 is 35.6 Å². The van der Waals surface area contributed by atoms with Crippen molar-refractivity contribution >= 4 is 11.9 Å². The molecular formula is C17H32N2O8. The fourth-order valence-electron chi connectivity index (χ4n) is 3.08. The average molecular weight is 392 g/mol. The molecule has 0 spiro atoms. The zero-order chi connectivity index (χ0) is 20.9. The summed E-state index contributed by atoms with van der Waals surface area (Å²) in [4.78, 5) is 24.1. The van der Waals surface area contributed by atoms with E-state index in [0.29, 0.717) is 0 Å². The Bertz CT molecular complexity index is 515. The second-order valence-corrected chi connectivity index (χ2v) is 7.72. The standard InChI is InChI=1S/C17H32N2O8/c1-8(2)5-10(16(25)26)18-15(24)12(9(3)4)19-17(7-21)14(23)13(22)11(6-20)27-17/h8-14,19-23H,5-7H2,1-4H3,(H,18,24)(H,25,26)/t10-,11+,12-,13+,14-,17?/m0/s1. The lowest BCUT2D eigenvalue weighted by molar-refractivity contribution is -0.154. The molecule has 10 nitrogen and oxygen atoms in total. The first-order chi connectivity index (χ1) is 12.5. The molecule has 1 aliphatic heterocycles. The minimum absolute atomic E-state index is 0.0427. The maximum atomic E-state index is 12.7. The number of ether oxygens (including phenoxy) is 1. The van der Waals surface area contributed by atoms with Gasteiger partial charge in [-0.25, -0.2) is 4.79 Å². The van der Waals surface area contributed by atoms with Crippen molar-refractivity contribution < 1.29 is 39.9 Å². The highest BCUT2D eigenvalue weighted by molar-refractivity contribution is 5.87. The zero-order valence-corrected chi connectivity index (χ0v) is 16.1. The summed E-state index contributed by atoms with van der Waals surface area (Å²) >= 11 is 0. The number of aliphatic carboxylic acids is 1. The van der Waals surface area contributed by atoms with Gasteiger partial charge in [0, 0.05) is 0 Å². The number of nitrogens with one attached hydrogen (secondary N) is 2. The first kappa shape index (κ1) is 23.7. The molecule has 1 rings (SSSR count). The Labute approximate surface area is 158 Å². The zero-order valence-electron chi connectivity index (χ0n) is 16.1. The van der Waals surface area contributed by atoms with E-state index in [9.17, 15) is 35.1 Å². The SMILES string of the molecule is CC(C)C[C@H](NC(=O)[C@@H](NC1(CO)O[C@H](CO)[C@@H](O)[C@@H]1O)C(C)C)C(=O)O. The van der Waals surface area contributed by atoms with Crippen molar-refractivity contribution in [3.8, 4) is 0 Å². The lowest BCUT2D eigenvalue weighted by Crippen LogP contribution is -2.65. The first-order valence-electron chi connectivity index (χ1n) is 9.05. The fraction of sp³-hybridized carbons (Fsp3) is 0.882. The van der Waals surface area contributed by atoms with Gasteiger partial charge in [0.2, 0.25) is 5.91 Å². The molecule has 0 aromatic carbocycles. The number of aliphatic hydroxyl groups excluding tert-OH is 4. The third-order valence-corrected chi connectivity index (χ3v) is 4.63. The highest BCUT2D eigenvalue weighted by atomic mass is 16.6. The maximum Gasteiger partial charge on any atom is 0.326 e. The third kappa shape index (κ3) is 5.59. The lowest BCUT2D eigenvalue weighted by Gasteiger charge is -2.36. The number of carboxylic acid groups (broad SMARTS) is 1. The number of rotatable bonds is 10. The molecule has 0 aromatic rings. The number of aliphatic hydroxyl groups is 4. The van der Waals surface area contributed by atoms with Crippen LogP contribution in [0.5, 0.6) is 0 Å². The van der Waals surface area contributed by atoms with Crippen molar-refractivity contribution in [2.24, 2.45) is 11.8 Å². The molecule has 1 heterocycles. The van der Waals surface area contributed by atoms with Crippen LogP contribution in [0.15, 0.2) is 0 Å². The summed E-state index contributed by atoms with van der Waals surface area (Å²) in [5.74, 6) is -2.11. The molecule has 6 atom stereocenters. The molecule has 0 bridgehead atoms. The fourth-order valence-corrected chi connectivity index (χ4v) is 3.08. The summed E-state index contributed by atoms with van der Waals surface area (Å²) < 4.78 is 5.41. The van der Waals surface area contributed by atoms with Crippen LogP contribution in [0.3, 0.4) is 0 Å². The number of carbonyl (C=O) groups is 2. The number of hydrogen-bond donors (Lipinski definition) is 7. The van der Waals surface area contributed by atoms with E-state index in [4.69, 9.17) is 4.74 Å². The highest BCUT2D eigenvalue weighted by Crippen LogP contribution is 2.30. The van der Waals surface area contributed by atoms with Gasteiger partial charge in [-0.1, -0.05) is 27.7 Å². The quantitative estimate of drug-likeness (QED) is 0.223. The smallest absolute Gasteiger partial charge is 0.326 e. The van der Waals surface area contributed by atoms with Crippen LogP contribution in [0.1, 0.15) is 34.1 Å². The van der Waals surface area contributed by atoms with E-state index in [2.05, 4.69) is 10.6 Å². The summed E-state index contributed by atoms with van der Waals surface area (Å²) in [6.45, 7) is 5.70. The Kier molecular flexibility index (Phi) is 8.58. The van der Waals surface area contributed by atoms with Crippen molar-refractivity contribution in [2.45, 2.75) is 70.2 Å². The van der Waals surface area contributed by atoms with E-state index >= 15 is 0 Å². The molecule has 0 saturated carbocycles. The Balaban J connectivity index is 3.00. The number of amides is 1. The second kappa shape index (κ2) is 9.76. The predicted molar refractivity (Wildman–Crippen MR) is 94.6 cm³/mol. The van der Waals surface area contributed by atoms with E-state index in [-0.39, 0.29) is 18.3 Å². The van der Waals surface area contributed by atoms with Gasteiger partial charge in [0.05, 0.1) is 19.3 Å². The molecule has 0 aliphatic carbocycles.